The summed E-state index contributed by atoms with van der Waals surface area (Å²) in [5, 5.41) is 19.9. The lowest BCUT2D eigenvalue weighted by atomic mass is 10.1. The molecule has 104 valence electrons. The highest BCUT2D eigenvalue weighted by molar-refractivity contribution is 5.88. The summed E-state index contributed by atoms with van der Waals surface area (Å²) >= 11 is 0. The van der Waals surface area contributed by atoms with Gasteiger partial charge >= 0.3 is 11.7 Å². The Bertz CT molecular complexity index is 502. The highest BCUT2D eigenvalue weighted by Crippen LogP contribution is 2.28. The highest BCUT2D eigenvalue weighted by Gasteiger charge is 2.25. The number of pyridine rings is 1. The smallest absolute Gasteiger partial charge is 0.337 e. The number of anilines is 1. The largest absolute Gasteiger partial charge is 0.478 e. The van der Waals surface area contributed by atoms with E-state index in [1.165, 1.54) is 0 Å². The summed E-state index contributed by atoms with van der Waals surface area (Å²) in [5.74, 6) is -0.775. The van der Waals surface area contributed by atoms with Crippen LogP contribution in [0.25, 0.3) is 0 Å². The SMILES string of the molecule is CC(C)C(C)N(C)c1ncc(C(=O)O)cc1[N+](=O)[O-]. The van der Waals surface area contributed by atoms with Crippen molar-refractivity contribution in [3.05, 3.63) is 27.9 Å². The van der Waals surface area contributed by atoms with Crippen molar-refractivity contribution in [3.63, 3.8) is 0 Å². The standard InChI is InChI=1S/C12H17N3O4/c1-7(2)8(3)14(4)11-10(15(18)19)5-9(6-13-11)12(16)17/h5-8H,1-4H3,(H,16,17). The lowest BCUT2D eigenvalue weighted by Crippen LogP contribution is -2.34. The van der Waals surface area contributed by atoms with Gasteiger partial charge in [0.15, 0.2) is 0 Å². The van der Waals surface area contributed by atoms with E-state index in [0.29, 0.717) is 0 Å². The number of aromatic nitrogens is 1. The third-order valence-corrected chi connectivity index (χ3v) is 3.20. The number of rotatable bonds is 5. The Kier molecular flexibility index (Phi) is 4.42. The van der Waals surface area contributed by atoms with Crippen LogP contribution in [0.4, 0.5) is 11.5 Å². The Morgan fingerprint density at radius 3 is 2.47 bits per heavy atom. The molecule has 0 fully saturated rings. The van der Waals surface area contributed by atoms with Crippen molar-refractivity contribution in [1.82, 2.24) is 4.98 Å². The minimum absolute atomic E-state index is 0.0434. The third kappa shape index (κ3) is 3.18. The molecule has 1 aromatic rings. The fourth-order valence-corrected chi connectivity index (χ4v) is 1.61. The van der Waals surface area contributed by atoms with Gasteiger partial charge in [0.05, 0.1) is 10.5 Å². The summed E-state index contributed by atoms with van der Waals surface area (Å²) in [6.45, 7) is 5.93. The molecule has 1 rings (SSSR count). The predicted octanol–water partition coefficient (Wildman–Crippen LogP) is 2.17. The second kappa shape index (κ2) is 5.64. The minimum Gasteiger partial charge on any atom is -0.478 e. The Labute approximate surface area is 111 Å². The molecule has 1 unspecified atom stereocenters. The van der Waals surface area contributed by atoms with Crippen molar-refractivity contribution in [2.24, 2.45) is 5.92 Å². The van der Waals surface area contributed by atoms with Crippen molar-refractivity contribution >= 4 is 17.5 Å². The maximum atomic E-state index is 11.0. The second-order valence-electron chi connectivity index (χ2n) is 4.72. The molecule has 7 heteroatoms. The van der Waals surface area contributed by atoms with E-state index in [1.807, 2.05) is 20.8 Å². The summed E-state index contributed by atoms with van der Waals surface area (Å²) in [4.78, 5) is 26.9. The molecule has 1 aromatic heterocycles. The van der Waals surface area contributed by atoms with E-state index >= 15 is 0 Å². The Balaban J connectivity index is 3.27. The van der Waals surface area contributed by atoms with Gasteiger partial charge in [0.1, 0.15) is 0 Å². The number of hydrogen-bond acceptors (Lipinski definition) is 5. The molecule has 0 saturated carbocycles. The number of hydrogen-bond donors (Lipinski definition) is 1. The van der Waals surface area contributed by atoms with E-state index in [4.69, 9.17) is 5.11 Å². The molecule has 0 aromatic carbocycles. The van der Waals surface area contributed by atoms with Crippen molar-refractivity contribution < 1.29 is 14.8 Å². The first kappa shape index (κ1) is 14.9. The molecule has 0 radical (unpaired) electrons. The van der Waals surface area contributed by atoms with Gasteiger partial charge in [0.2, 0.25) is 5.82 Å². The van der Waals surface area contributed by atoms with Gasteiger partial charge in [-0.2, -0.15) is 0 Å². The number of carboxylic acid groups (broad SMARTS) is 1. The molecule has 1 N–H and O–H groups in total. The lowest BCUT2D eigenvalue weighted by molar-refractivity contribution is -0.384. The summed E-state index contributed by atoms with van der Waals surface area (Å²) < 4.78 is 0. The van der Waals surface area contributed by atoms with Gasteiger partial charge < -0.3 is 10.0 Å². The highest BCUT2D eigenvalue weighted by atomic mass is 16.6. The average molecular weight is 267 g/mol. The molecule has 0 saturated heterocycles. The zero-order valence-corrected chi connectivity index (χ0v) is 11.3. The molecular formula is C12H17N3O4. The second-order valence-corrected chi connectivity index (χ2v) is 4.72. The molecule has 1 atom stereocenters. The zero-order chi connectivity index (χ0) is 14.7. The first-order chi connectivity index (χ1) is 8.75. The van der Waals surface area contributed by atoms with Gasteiger partial charge in [0.25, 0.3) is 0 Å². The lowest BCUT2D eigenvalue weighted by Gasteiger charge is -2.28. The number of carbonyl (C=O) groups is 1. The van der Waals surface area contributed by atoms with Gasteiger partial charge in [0, 0.05) is 25.4 Å². The van der Waals surface area contributed by atoms with Crippen molar-refractivity contribution in [2.45, 2.75) is 26.8 Å². The number of nitro groups is 1. The summed E-state index contributed by atoms with van der Waals surface area (Å²) in [6.07, 6.45) is 1.13. The number of aromatic carboxylic acids is 1. The van der Waals surface area contributed by atoms with Crippen LogP contribution in [0.5, 0.6) is 0 Å². The van der Waals surface area contributed by atoms with Crippen LogP contribution < -0.4 is 4.90 Å². The predicted molar refractivity (Wildman–Crippen MR) is 70.6 cm³/mol. The average Bonchev–Trinajstić information content (AvgIpc) is 2.35. The van der Waals surface area contributed by atoms with Crippen LogP contribution in [0.15, 0.2) is 12.3 Å². The summed E-state index contributed by atoms with van der Waals surface area (Å²) in [7, 11) is 1.71. The third-order valence-electron chi connectivity index (χ3n) is 3.20. The quantitative estimate of drug-likeness (QED) is 0.648. The van der Waals surface area contributed by atoms with Gasteiger partial charge in [-0.3, -0.25) is 10.1 Å². The van der Waals surface area contributed by atoms with Gasteiger partial charge in [-0.15, -0.1) is 0 Å². The van der Waals surface area contributed by atoms with Gasteiger partial charge in [-0.1, -0.05) is 13.8 Å². The van der Waals surface area contributed by atoms with Gasteiger partial charge in [-0.05, 0) is 12.8 Å². The van der Waals surface area contributed by atoms with E-state index in [9.17, 15) is 14.9 Å². The molecule has 7 nitrogen and oxygen atoms in total. The molecule has 0 aliphatic carbocycles. The molecule has 1 heterocycles. The zero-order valence-electron chi connectivity index (χ0n) is 11.3. The van der Waals surface area contributed by atoms with Crippen LogP contribution in [-0.4, -0.2) is 34.1 Å². The van der Waals surface area contributed by atoms with Crippen molar-refractivity contribution in [1.29, 1.82) is 0 Å². The Morgan fingerprint density at radius 2 is 2.05 bits per heavy atom. The van der Waals surface area contributed by atoms with E-state index in [2.05, 4.69) is 4.98 Å². The molecule has 0 aliphatic heterocycles. The summed E-state index contributed by atoms with van der Waals surface area (Å²) in [5.41, 5.74) is -0.490. The fraction of sp³-hybridized carbons (Fsp3) is 0.500. The fourth-order valence-electron chi connectivity index (χ4n) is 1.61. The Morgan fingerprint density at radius 1 is 1.47 bits per heavy atom. The Hall–Kier alpha value is -2.18. The van der Waals surface area contributed by atoms with E-state index in [0.717, 1.165) is 12.3 Å². The van der Waals surface area contributed by atoms with Crippen LogP contribution in [0.3, 0.4) is 0 Å². The van der Waals surface area contributed by atoms with E-state index in [-0.39, 0.29) is 29.0 Å². The minimum atomic E-state index is -1.23. The van der Waals surface area contributed by atoms with Crippen LogP contribution in [0.1, 0.15) is 31.1 Å². The first-order valence-corrected chi connectivity index (χ1v) is 5.86. The maximum absolute atomic E-state index is 11.0. The van der Waals surface area contributed by atoms with Crippen LogP contribution in [-0.2, 0) is 0 Å². The van der Waals surface area contributed by atoms with Crippen molar-refractivity contribution in [2.75, 3.05) is 11.9 Å². The van der Waals surface area contributed by atoms with Crippen molar-refractivity contribution in [3.8, 4) is 0 Å². The molecular weight excluding hydrogens is 250 g/mol. The maximum Gasteiger partial charge on any atom is 0.337 e. The molecule has 0 aliphatic rings. The van der Waals surface area contributed by atoms with Gasteiger partial charge in [-0.25, -0.2) is 9.78 Å². The van der Waals surface area contributed by atoms with E-state index in [1.54, 1.807) is 11.9 Å². The van der Waals surface area contributed by atoms with E-state index < -0.39 is 10.9 Å². The van der Waals surface area contributed by atoms with Crippen LogP contribution >= 0.6 is 0 Å². The number of nitrogens with zero attached hydrogens (tertiary/aromatic N) is 3. The van der Waals surface area contributed by atoms with Crippen LogP contribution in [0.2, 0.25) is 0 Å². The molecule has 0 amide bonds. The normalized spacial score (nSPS) is 12.3. The molecule has 19 heavy (non-hydrogen) atoms. The molecule has 0 spiro atoms. The monoisotopic (exact) mass is 267 g/mol. The first-order valence-electron chi connectivity index (χ1n) is 5.86. The topological polar surface area (TPSA) is 96.6 Å². The molecule has 0 bridgehead atoms. The van der Waals surface area contributed by atoms with Crippen LogP contribution in [0, 0.1) is 16.0 Å². The number of carboxylic acids is 1. The summed E-state index contributed by atoms with van der Waals surface area (Å²) in [6, 6.07) is 1.08.